The minimum absolute atomic E-state index is 0.644. The number of benzene rings is 1. The molecule has 0 radical (unpaired) electrons. The van der Waals surface area contributed by atoms with Crippen LogP contribution in [0.3, 0.4) is 0 Å². The molecule has 0 spiro atoms. The molecule has 3 N–H and O–H groups in total. The molecule has 0 heterocycles. The van der Waals surface area contributed by atoms with E-state index >= 15 is 0 Å². The number of hydrogen-bond donors (Lipinski definition) is 2. The molecule has 0 aromatic heterocycles. The van der Waals surface area contributed by atoms with Crippen LogP contribution in [0.15, 0.2) is 29.4 Å². The molecule has 4 nitrogen and oxygen atoms in total. The van der Waals surface area contributed by atoms with Crippen LogP contribution in [0.4, 0.5) is 4.79 Å². The van der Waals surface area contributed by atoms with Gasteiger partial charge in [0.25, 0.3) is 0 Å². The lowest BCUT2D eigenvalue weighted by Gasteiger charge is -2.06. The highest BCUT2D eigenvalue weighted by Crippen LogP contribution is 2.10. The van der Waals surface area contributed by atoms with Crippen LogP contribution in [0.2, 0.25) is 0 Å². The molecular formula is C11H15N3O. The van der Waals surface area contributed by atoms with Crippen molar-refractivity contribution < 1.29 is 4.79 Å². The second-order valence-electron chi connectivity index (χ2n) is 3.20. The van der Waals surface area contributed by atoms with Crippen LogP contribution in [-0.4, -0.2) is 11.7 Å². The summed E-state index contributed by atoms with van der Waals surface area (Å²) in [7, 11) is 0. The number of hydrazone groups is 1. The van der Waals surface area contributed by atoms with Gasteiger partial charge in [-0.05, 0) is 18.9 Å². The van der Waals surface area contributed by atoms with Crippen LogP contribution in [0.1, 0.15) is 24.5 Å². The summed E-state index contributed by atoms with van der Waals surface area (Å²) >= 11 is 0. The Labute approximate surface area is 89.2 Å². The molecule has 1 aromatic carbocycles. The first-order chi connectivity index (χ1) is 7.15. The Morgan fingerprint density at radius 3 is 2.67 bits per heavy atom. The maximum atomic E-state index is 10.5. The normalized spacial score (nSPS) is 11.2. The van der Waals surface area contributed by atoms with E-state index in [1.807, 2.05) is 38.1 Å². The van der Waals surface area contributed by atoms with Gasteiger partial charge >= 0.3 is 6.03 Å². The van der Waals surface area contributed by atoms with Crippen molar-refractivity contribution in [3.05, 3.63) is 35.4 Å². The third-order valence-electron chi connectivity index (χ3n) is 2.09. The van der Waals surface area contributed by atoms with Gasteiger partial charge in [-0.15, -0.1) is 0 Å². The first-order valence-electron chi connectivity index (χ1n) is 4.83. The quantitative estimate of drug-likeness (QED) is 0.573. The van der Waals surface area contributed by atoms with Crippen LogP contribution >= 0.6 is 0 Å². The number of nitrogens with one attached hydrogen (secondary N) is 1. The highest BCUT2D eigenvalue weighted by Gasteiger charge is 2.04. The van der Waals surface area contributed by atoms with E-state index < -0.39 is 6.03 Å². The van der Waals surface area contributed by atoms with Crippen molar-refractivity contribution in [3.8, 4) is 0 Å². The first-order valence-corrected chi connectivity index (χ1v) is 4.83. The predicted molar refractivity (Wildman–Crippen MR) is 60.7 cm³/mol. The molecule has 0 saturated carbocycles. The summed E-state index contributed by atoms with van der Waals surface area (Å²) in [6.45, 7) is 3.98. The highest BCUT2D eigenvalue weighted by molar-refractivity contribution is 6.01. The molecule has 0 atom stereocenters. The van der Waals surface area contributed by atoms with Gasteiger partial charge in [-0.1, -0.05) is 31.2 Å². The summed E-state index contributed by atoms with van der Waals surface area (Å²) < 4.78 is 0. The van der Waals surface area contributed by atoms with E-state index in [9.17, 15) is 4.79 Å². The average Bonchev–Trinajstić information content (AvgIpc) is 2.21. The lowest BCUT2D eigenvalue weighted by atomic mass is 10.0. The SMILES string of the molecule is CCC(=NNC(N)=O)c1ccccc1C. The molecular weight excluding hydrogens is 190 g/mol. The number of rotatable bonds is 3. The van der Waals surface area contributed by atoms with E-state index in [-0.39, 0.29) is 0 Å². The third-order valence-corrected chi connectivity index (χ3v) is 2.09. The standard InChI is InChI=1S/C11H15N3O/c1-3-10(13-14-11(12)15)9-7-5-4-6-8(9)2/h4-7H,3H2,1-2H3,(H3,12,14,15). The maximum absolute atomic E-state index is 10.5. The molecule has 1 rings (SSSR count). The van der Waals surface area contributed by atoms with Gasteiger partial charge in [0.2, 0.25) is 0 Å². The minimum Gasteiger partial charge on any atom is -0.350 e. The molecule has 80 valence electrons. The molecule has 0 fully saturated rings. The Bertz CT molecular complexity index is 385. The fraction of sp³-hybridized carbons (Fsp3) is 0.273. The van der Waals surface area contributed by atoms with E-state index in [4.69, 9.17) is 5.73 Å². The summed E-state index contributed by atoms with van der Waals surface area (Å²) in [5.74, 6) is 0. The molecule has 0 bridgehead atoms. The lowest BCUT2D eigenvalue weighted by molar-refractivity contribution is 0.249. The van der Waals surface area contributed by atoms with Crippen molar-refractivity contribution in [2.45, 2.75) is 20.3 Å². The number of urea groups is 1. The zero-order chi connectivity index (χ0) is 11.3. The van der Waals surface area contributed by atoms with E-state index in [1.165, 1.54) is 0 Å². The monoisotopic (exact) mass is 205 g/mol. The average molecular weight is 205 g/mol. The van der Waals surface area contributed by atoms with Crippen molar-refractivity contribution >= 4 is 11.7 Å². The number of carbonyl (C=O) groups excluding carboxylic acids is 1. The number of hydrogen-bond acceptors (Lipinski definition) is 2. The van der Waals surface area contributed by atoms with Crippen molar-refractivity contribution in [2.24, 2.45) is 10.8 Å². The summed E-state index contributed by atoms with van der Waals surface area (Å²) in [6, 6.07) is 7.24. The van der Waals surface area contributed by atoms with Crippen LogP contribution in [0.5, 0.6) is 0 Å². The Morgan fingerprint density at radius 1 is 1.47 bits per heavy atom. The van der Waals surface area contributed by atoms with Gasteiger partial charge in [0, 0.05) is 5.56 Å². The smallest absolute Gasteiger partial charge is 0.332 e. The molecule has 0 aliphatic rings. The fourth-order valence-electron chi connectivity index (χ4n) is 1.35. The van der Waals surface area contributed by atoms with E-state index in [0.29, 0.717) is 0 Å². The Morgan fingerprint density at radius 2 is 2.13 bits per heavy atom. The number of primary amides is 1. The molecule has 2 amide bonds. The summed E-state index contributed by atoms with van der Waals surface area (Å²) in [6.07, 6.45) is 0.741. The van der Waals surface area contributed by atoms with Crippen molar-refractivity contribution in [1.29, 1.82) is 0 Å². The number of amides is 2. The summed E-state index contributed by atoms with van der Waals surface area (Å²) in [4.78, 5) is 10.5. The molecule has 0 aliphatic carbocycles. The second kappa shape index (κ2) is 5.14. The van der Waals surface area contributed by atoms with E-state index in [0.717, 1.165) is 23.3 Å². The predicted octanol–water partition coefficient (Wildman–Crippen LogP) is 1.78. The molecule has 0 saturated heterocycles. The maximum Gasteiger partial charge on any atom is 0.332 e. The number of nitrogens with two attached hydrogens (primary N) is 1. The van der Waals surface area contributed by atoms with E-state index in [2.05, 4.69) is 10.5 Å². The zero-order valence-electron chi connectivity index (χ0n) is 8.95. The van der Waals surface area contributed by atoms with Gasteiger partial charge in [-0.2, -0.15) is 5.10 Å². The molecule has 15 heavy (non-hydrogen) atoms. The Hall–Kier alpha value is -1.84. The fourth-order valence-corrected chi connectivity index (χ4v) is 1.35. The molecule has 4 heteroatoms. The zero-order valence-corrected chi connectivity index (χ0v) is 8.95. The topological polar surface area (TPSA) is 67.5 Å². The van der Waals surface area contributed by atoms with Gasteiger partial charge < -0.3 is 5.73 Å². The molecule has 0 aliphatic heterocycles. The van der Waals surface area contributed by atoms with Crippen molar-refractivity contribution in [1.82, 2.24) is 5.43 Å². The van der Waals surface area contributed by atoms with Gasteiger partial charge in [-0.3, -0.25) is 0 Å². The first kappa shape index (κ1) is 11.2. The van der Waals surface area contributed by atoms with Crippen LogP contribution in [-0.2, 0) is 0 Å². The van der Waals surface area contributed by atoms with Crippen LogP contribution < -0.4 is 11.2 Å². The largest absolute Gasteiger partial charge is 0.350 e. The Balaban J connectivity index is 2.97. The Kier molecular flexibility index (Phi) is 3.85. The summed E-state index contributed by atoms with van der Waals surface area (Å²) in [5, 5.41) is 3.96. The van der Waals surface area contributed by atoms with Crippen LogP contribution in [0.25, 0.3) is 0 Å². The number of aryl methyl sites for hydroxylation is 1. The van der Waals surface area contributed by atoms with Crippen LogP contribution in [0, 0.1) is 6.92 Å². The summed E-state index contributed by atoms with van der Waals surface area (Å²) in [5.41, 5.74) is 10.2. The third kappa shape index (κ3) is 3.09. The van der Waals surface area contributed by atoms with Gasteiger partial charge in [-0.25, -0.2) is 10.2 Å². The van der Waals surface area contributed by atoms with Gasteiger partial charge in [0.05, 0.1) is 5.71 Å². The number of carbonyl (C=O) groups is 1. The minimum atomic E-state index is -0.644. The van der Waals surface area contributed by atoms with Gasteiger partial charge in [0.15, 0.2) is 0 Å². The highest BCUT2D eigenvalue weighted by atomic mass is 16.2. The van der Waals surface area contributed by atoms with Crippen molar-refractivity contribution in [2.75, 3.05) is 0 Å². The lowest BCUT2D eigenvalue weighted by Crippen LogP contribution is -2.26. The number of nitrogens with zero attached hydrogens (tertiary/aromatic N) is 1. The molecule has 1 aromatic rings. The molecule has 0 unspecified atom stereocenters. The second-order valence-corrected chi connectivity index (χ2v) is 3.20. The van der Waals surface area contributed by atoms with Crippen molar-refractivity contribution in [3.63, 3.8) is 0 Å². The van der Waals surface area contributed by atoms with E-state index in [1.54, 1.807) is 0 Å². The van der Waals surface area contributed by atoms with Gasteiger partial charge in [0.1, 0.15) is 0 Å².